The standard InChI is InChI=1S/C25H36N4/c26-13-7-17-29(18-8-14-27)16-6-5-15-28-20-25-23-11-3-1-9-21(23)19-22-10-2-4-12-24(22)25/h1-4,9-12,19,28H,5-8,13-18,20,26-27H2. The first kappa shape index (κ1) is 21.7. The van der Waals surface area contributed by atoms with E-state index in [-0.39, 0.29) is 0 Å². The Balaban J connectivity index is 1.53. The number of benzene rings is 3. The van der Waals surface area contributed by atoms with Gasteiger partial charge in [-0.05, 0) is 98.1 Å². The largest absolute Gasteiger partial charge is 0.330 e. The predicted octanol–water partition coefficient (Wildman–Crippen LogP) is 3.86. The van der Waals surface area contributed by atoms with Gasteiger partial charge in [0.15, 0.2) is 0 Å². The van der Waals surface area contributed by atoms with Gasteiger partial charge in [-0.2, -0.15) is 0 Å². The zero-order chi connectivity index (χ0) is 20.3. The van der Waals surface area contributed by atoms with Crippen molar-refractivity contribution >= 4 is 21.5 Å². The number of hydrogen-bond acceptors (Lipinski definition) is 4. The molecule has 0 aliphatic rings. The summed E-state index contributed by atoms with van der Waals surface area (Å²) in [6.07, 6.45) is 4.52. The molecule has 0 aromatic heterocycles. The maximum atomic E-state index is 5.67. The lowest BCUT2D eigenvalue weighted by Crippen LogP contribution is -2.30. The highest BCUT2D eigenvalue weighted by Gasteiger charge is 2.07. The third-order valence-corrected chi connectivity index (χ3v) is 5.62. The molecule has 4 heteroatoms. The summed E-state index contributed by atoms with van der Waals surface area (Å²) in [5.41, 5.74) is 12.8. The van der Waals surface area contributed by atoms with Crippen LogP contribution in [0.15, 0.2) is 54.6 Å². The number of fused-ring (bicyclic) bond motifs is 2. The third-order valence-electron chi connectivity index (χ3n) is 5.62. The predicted molar refractivity (Wildman–Crippen MR) is 126 cm³/mol. The molecule has 0 atom stereocenters. The van der Waals surface area contributed by atoms with Crippen LogP contribution in [0.5, 0.6) is 0 Å². The maximum Gasteiger partial charge on any atom is 0.0217 e. The van der Waals surface area contributed by atoms with Crippen LogP contribution in [-0.2, 0) is 6.54 Å². The number of nitrogens with one attached hydrogen (secondary N) is 1. The normalized spacial score (nSPS) is 11.7. The van der Waals surface area contributed by atoms with E-state index in [1.165, 1.54) is 39.9 Å². The Morgan fingerprint density at radius 2 is 1.24 bits per heavy atom. The van der Waals surface area contributed by atoms with Crippen LogP contribution < -0.4 is 16.8 Å². The van der Waals surface area contributed by atoms with Crippen molar-refractivity contribution in [3.8, 4) is 0 Å². The van der Waals surface area contributed by atoms with Gasteiger partial charge in [-0.3, -0.25) is 0 Å². The number of unbranched alkanes of at least 4 members (excludes halogenated alkanes) is 1. The maximum absolute atomic E-state index is 5.67. The lowest BCUT2D eigenvalue weighted by molar-refractivity contribution is 0.264. The van der Waals surface area contributed by atoms with Gasteiger partial charge in [-0.1, -0.05) is 48.5 Å². The third kappa shape index (κ3) is 6.25. The van der Waals surface area contributed by atoms with Gasteiger partial charge in [0.05, 0.1) is 0 Å². The second-order valence-electron chi connectivity index (χ2n) is 7.81. The summed E-state index contributed by atoms with van der Waals surface area (Å²) in [7, 11) is 0. The molecular formula is C25H36N4. The zero-order valence-corrected chi connectivity index (χ0v) is 17.6. The number of nitrogens with zero attached hydrogens (tertiary/aromatic N) is 1. The highest BCUT2D eigenvalue weighted by molar-refractivity contribution is 6.02. The molecule has 0 unspecified atom stereocenters. The highest BCUT2D eigenvalue weighted by atomic mass is 15.1. The summed E-state index contributed by atoms with van der Waals surface area (Å²) in [4.78, 5) is 2.51. The van der Waals surface area contributed by atoms with Crippen molar-refractivity contribution in [2.24, 2.45) is 11.5 Å². The summed E-state index contributed by atoms with van der Waals surface area (Å²) in [6, 6.07) is 19.7. The topological polar surface area (TPSA) is 67.3 Å². The van der Waals surface area contributed by atoms with Gasteiger partial charge in [0.1, 0.15) is 0 Å². The summed E-state index contributed by atoms with van der Waals surface area (Å²) < 4.78 is 0. The number of nitrogens with two attached hydrogens (primary N) is 2. The number of hydrogen-bond donors (Lipinski definition) is 3. The van der Waals surface area contributed by atoms with Crippen molar-refractivity contribution in [2.45, 2.75) is 32.2 Å². The Labute approximate surface area is 175 Å². The molecule has 0 aliphatic heterocycles. The second kappa shape index (κ2) is 11.9. The van der Waals surface area contributed by atoms with Crippen LogP contribution in [0, 0.1) is 0 Å². The minimum Gasteiger partial charge on any atom is -0.330 e. The van der Waals surface area contributed by atoms with E-state index in [0.717, 1.165) is 58.7 Å². The van der Waals surface area contributed by atoms with Crippen molar-refractivity contribution in [2.75, 3.05) is 39.3 Å². The molecule has 0 bridgehead atoms. The van der Waals surface area contributed by atoms with Crippen LogP contribution in [0.3, 0.4) is 0 Å². The average molecular weight is 393 g/mol. The molecule has 0 aliphatic carbocycles. The molecule has 3 aromatic carbocycles. The van der Waals surface area contributed by atoms with Gasteiger partial charge in [0.2, 0.25) is 0 Å². The number of rotatable bonds is 13. The van der Waals surface area contributed by atoms with Crippen LogP contribution in [0.4, 0.5) is 0 Å². The smallest absolute Gasteiger partial charge is 0.0217 e. The SMILES string of the molecule is NCCCN(CCCN)CCCCNCc1c2ccccc2cc2ccccc12. The molecule has 0 radical (unpaired) electrons. The lowest BCUT2D eigenvalue weighted by atomic mass is 9.97. The summed E-state index contributed by atoms with van der Waals surface area (Å²) >= 11 is 0. The Hall–Kier alpha value is -1.98. The summed E-state index contributed by atoms with van der Waals surface area (Å²) in [5.74, 6) is 0. The molecule has 156 valence electrons. The van der Waals surface area contributed by atoms with Gasteiger partial charge >= 0.3 is 0 Å². The molecule has 3 rings (SSSR count). The highest BCUT2D eigenvalue weighted by Crippen LogP contribution is 2.28. The Bertz CT molecular complexity index is 815. The fraction of sp³-hybridized carbons (Fsp3) is 0.440. The van der Waals surface area contributed by atoms with Gasteiger partial charge in [-0.15, -0.1) is 0 Å². The van der Waals surface area contributed by atoms with E-state index in [1.54, 1.807) is 0 Å². The van der Waals surface area contributed by atoms with Crippen molar-refractivity contribution in [3.63, 3.8) is 0 Å². The summed E-state index contributed by atoms with van der Waals surface area (Å²) in [6.45, 7) is 6.79. The van der Waals surface area contributed by atoms with Crippen LogP contribution >= 0.6 is 0 Å². The zero-order valence-electron chi connectivity index (χ0n) is 17.6. The molecule has 0 saturated heterocycles. The van der Waals surface area contributed by atoms with E-state index < -0.39 is 0 Å². The Kier molecular flexibility index (Phi) is 8.90. The van der Waals surface area contributed by atoms with Crippen LogP contribution in [-0.4, -0.2) is 44.2 Å². The molecule has 0 amide bonds. The van der Waals surface area contributed by atoms with E-state index in [0.29, 0.717) is 0 Å². The van der Waals surface area contributed by atoms with E-state index >= 15 is 0 Å². The molecule has 0 spiro atoms. The van der Waals surface area contributed by atoms with Crippen molar-refractivity contribution in [1.82, 2.24) is 10.2 Å². The fourth-order valence-electron chi connectivity index (χ4n) is 4.06. The molecule has 0 saturated carbocycles. The van der Waals surface area contributed by atoms with E-state index in [9.17, 15) is 0 Å². The first-order valence-electron chi connectivity index (χ1n) is 11.1. The Morgan fingerprint density at radius 1 is 0.690 bits per heavy atom. The molecule has 5 N–H and O–H groups in total. The van der Waals surface area contributed by atoms with Crippen molar-refractivity contribution in [1.29, 1.82) is 0 Å². The van der Waals surface area contributed by atoms with Gasteiger partial charge in [0.25, 0.3) is 0 Å². The Morgan fingerprint density at radius 3 is 1.83 bits per heavy atom. The van der Waals surface area contributed by atoms with Crippen molar-refractivity contribution < 1.29 is 0 Å². The van der Waals surface area contributed by atoms with Crippen LogP contribution in [0.2, 0.25) is 0 Å². The quantitative estimate of drug-likeness (QED) is 0.305. The fourth-order valence-corrected chi connectivity index (χ4v) is 4.06. The molecule has 29 heavy (non-hydrogen) atoms. The summed E-state index contributed by atoms with van der Waals surface area (Å²) in [5, 5.41) is 9.03. The van der Waals surface area contributed by atoms with Crippen LogP contribution in [0.1, 0.15) is 31.2 Å². The second-order valence-corrected chi connectivity index (χ2v) is 7.81. The molecule has 3 aromatic rings. The van der Waals surface area contributed by atoms with E-state index in [1.807, 2.05) is 0 Å². The molecular weight excluding hydrogens is 356 g/mol. The monoisotopic (exact) mass is 392 g/mol. The minimum absolute atomic E-state index is 0.764. The first-order chi connectivity index (χ1) is 14.3. The molecule has 0 fully saturated rings. The molecule has 0 heterocycles. The first-order valence-corrected chi connectivity index (χ1v) is 11.1. The minimum atomic E-state index is 0.764. The van der Waals surface area contributed by atoms with Gasteiger partial charge in [-0.25, -0.2) is 0 Å². The van der Waals surface area contributed by atoms with E-state index in [4.69, 9.17) is 11.5 Å². The average Bonchev–Trinajstić information content (AvgIpc) is 2.76. The van der Waals surface area contributed by atoms with Crippen molar-refractivity contribution in [3.05, 3.63) is 60.2 Å². The van der Waals surface area contributed by atoms with Gasteiger partial charge < -0.3 is 21.7 Å². The van der Waals surface area contributed by atoms with E-state index in [2.05, 4.69) is 64.8 Å². The molecule has 4 nitrogen and oxygen atoms in total. The van der Waals surface area contributed by atoms with Crippen LogP contribution in [0.25, 0.3) is 21.5 Å². The lowest BCUT2D eigenvalue weighted by Gasteiger charge is -2.21. The van der Waals surface area contributed by atoms with Gasteiger partial charge in [0, 0.05) is 6.54 Å².